The zero-order chi connectivity index (χ0) is 19.3. The Balaban J connectivity index is 1.33. The van der Waals surface area contributed by atoms with Crippen molar-refractivity contribution in [2.45, 2.75) is 13.0 Å². The van der Waals surface area contributed by atoms with Gasteiger partial charge in [-0.15, -0.1) is 0 Å². The van der Waals surface area contributed by atoms with Crippen molar-refractivity contribution in [1.82, 2.24) is 14.8 Å². The third-order valence-corrected chi connectivity index (χ3v) is 4.90. The number of carbonyl (C=O) groups excluding carboxylic acids is 2. The van der Waals surface area contributed by atoms with Gasteiger partial charge in [-0.25, -0.2) is 4.79 Å². The highest BCUT2D eigenvalue weighted by Gasteiger charge is 2.21. The van der Waals surface area contributed by atoms with Crippen LogP contribution in [0.15, 0.2) is 42.7 Å². The van der Waals surface area contributed by atoms with E-state index in [9.17, 15) is 9.59 Å². The Bertz CT molecular complexity index is 858. The zero-order valence-electron chi connectivity index (χ0n) is 15.6. The van der Waals surface area contributed by atoms with E-state index in [1.165, 1.54) is 5.56 Å². The van der Waals surface area contributed by atoms with Gasteiger partial charge in [-0.05, 0) is 36.2 Å². The fourth-order valence-corrected chi connectivity index (χ4v) is 3.43. The van der Waals surface area contributed by atoms with Crippen molar-refractivity contribution in [2.24, 2.45) is 0 Å². The van der Waals surface area contributed by atoms with Crippen LogP contribution in [-0.2, 0) is 11.3 Å². The van der Waals surface area contributed by atoms with Crippen LogP contribution in [-0.4, -0.2) is 59.5 Å². The molecule has 2 aliphatic heterocycles. The van der Waals surface area contributed by atoms with Gasteiger partial charge in [0, 0.05) is 56.9 Å². The fraction of sp³-hybridized carbons (Fsp3) is 0.350. The molecule has 2 aliphatic rings. The molecule has 1 saturated heterocycles. The lowest BCUT2D eigenvalue weighted by Crippen LogP contribution is -2.38. The summed E-state index contributed by atoms with van der Waals surface area (Å²) >= 11 is 0. The van der Waals surface area contributed by atoms with Gasteiger partial charge >= 0.3 is 6.03 Å². The minimum Gasteiger partial charge on any atom is -0.482 e. The average molecular weight is 381 g/mol. The van der Waals surface area contributed by atoms with Gasteiger partial charge < -0.3 is 20.3 Å². The number of carbonyl (C=O) groups is 2. The maximum atomic E-state index is 12.7. The molecule has 0 aliphatic carbocycles. The van der Waals surface area contributed by atoms with Gasteiger partial charge in [-0.2, -0.15) is 0 Å². The normalized spacial score (nSPS) is 17.1. The summed E-state index contributed by atoms with van der Waals surface area (Å²) in [5.74, 6) is 0.391. The standard InChI is InChI=1S/C20H23N5O3/c26-19-14-28-18-12-16(2-3-17(18)23-19)22-20(27)25-9-1-8-24(10-11-25)13-15-4-6-21-7-5-15/h2-7,12H,1,8-11,13-14H2,(H,22,27)(H,23,26). The van der Waals surface area contributed by atoms with Gasteiger partial charge in [0.25, 0.3) is 5.91 Å². The first-order valence-electron chi connectivity index (χ1n) is 9.41. The molecule has 3 amide bonds. The van der Waals surface area contributed by atoms with Crippen molar-refractivity contribution < 1.29 is 14.3 Å². The van der Waals surface area contributed by atoms with Crippen LogP contribution in [0.25, 0.3) is 0 Å². The summed E-state index contributed by atoms with van der Waals surface area (Å²) in [5.41, 5.74) is 2.50. The maximum absolute atomic E-state index is 12.7. The first kappa shape index (κ1) is 18.2. The second-order valence-electron chi connectivity index (χ2n) is 6.95. The molecule has 2 aromatic rings. The molecule has 1 aromatic heterocycles. The fourth-order valence-electron chi connectivity index (χ4n) is 3.43. The SMILES string of the molecule is O=C1COc2cc(NC(=O)N3CCCN(Cc4ccncc4)CC3)ccc2N1. The molecule has 0 saturated carbocycles. The van der Waals surface area contributed by atoms with Crippen molar-refractivity contribution >= 4 is 23.3 Å². The largest absolute Gasteiger partial charge is 0.482 e. The summed E-state index contributed by atoms with van der Waals surface area (Å²) in [5, 5.41) is 5.67. The van der Waals surface area contributed by atoms with E-state index in [1.807, 2.05) is 17.0 Å². The molecule has 0 spiro atoms. The van der Waals surface area contributed by atoms with Gasteiger partial charge in [0.2, 0.25) is 0 Å². The molecule has 0 bridgehead atoms. The number of benzene rings is 1. The molecule has 4 rings (SSSR count). The summed E-state index contributed by atoms with van der Waals surface area (Å²) in [6.45, 7) is 4.04. The number of fused-ring (bicyclic) bond motifs is 1. The summed E-state index contributed by atoms with van der Waals surface area (Å²) in [6.07, 6.45) is 4.54. The minimum atomic E-state index is -0.176. The molecular weight excluding hydrogens is 358 g/mol. The van der Waals surface area contributed by atoms with Crippen LogP contribution in [0, 0.1) is 0 Å². The number of ether oxygens (including phenoxy) is 1. The minimum absolute atomic E-state index is 0.0101. The molecule has 0 radical (unpaired) electrons. The first-order valence-corrected chi connectivity index (χ1v) is 9.41. The number of aromatic nitrogens is 1. The number of nitrogens with zero attached hydrogens (tertiary/aromatic N) is 3. The van der Waals surface area contributed by atoms with Crippen molar-refractivity contribution in [3.8, 4) is 5.75 Å². The molecule has 3 heterocycles. The predicted molar refractivity (Wildman–Crippen MR) is 105 cm³/mol. The van der Waals surface area contributed by atoms with Crippen LogP contribution in [0.5, 0.6) is 5.75 Å². The molecule has 1 aromatic carbocycles. The smallest absolute Gasteiger partial charge is 0.321 e. The number of rotatable bonds is 3. The maximum Gasteiger partial charge on any atom is 0.321 e. The van der Waals surface area contributed by atoms with E-state index >= 15 is 0 Å². The number of urea groups is 1. The Morgan fingerprint density at radius 3 is 2.86 bits per heavy atom. The number of hydrogen-bond acceptors (Lipinski definition) is 5. The Morgan fingerprint density at radius 1 is 1.14 bits per heavy atom. The second-order valence-corrected chi connectivity index (χ2v) is 6.95. The Morgan fingerprint density at radius 2 is 2.00 bits per heavy atom. The van der Waals surface area contributed by atoms with E-state index in [0.717, 1.165) is 32.6 Å². The Hall–Kier alpha value is -3.13. The zero-order valence-corrected chi connectivity index (χ0v) is 15.6. The molecule has 2 N–H and O–H groups in total. The third kappa shape index (κ3) is 4.40. The lowest BCUT2D eigenvalue weighted by atomic mass is 10.2. The second kappa shape index (κ2) is 8.26. The van der Waals surface area contributed by atoms with Crippen molar-refractivity contribution in [2.75, 3.05) is 43.4 Å². The van der Waals surface area contributed by atoms with E-state index in [-0.39, 0.29) is 18.5 Å². The quantitative estimate of drug-likeness (QED) is 0.851. The van der Waals surface area contributed by atoms with Crippen LogP contribution in [0.3, 0.4) is 0 Å². The summed E-state index contributed by atoms with van der Waals surface area (Å²) in [4.78, 5) is 32.3. The highest BCUT2D eigenvalue weighted by Crippen LogP contribution is 2.30. The first-order chi connectivity index (χ1) is 13.7. The molecule has 8 nitrogen and oxygen atoms in total. The number of amides is 3. The van der Waals surface area contributed by atoms with Crippen LogP contribution in [0.1, 0.15) is 12.0 Å². The van der Waals surface area contributed by atoms with Crippen LogP contribution >= 0.6 is 0 Å². The van der Waals surface area contributed by atoms with Gasteiger partial charge in [0.05, 0.1) is 5.69 Å². The van der Waals surface area contributed by atoms with E-state index in [1.54, 1.807) is 30.6 Å². The van der Waals surface area contributed by atoms with Crippen molar-refractivity contribution in [3.05, 3.63) is 48.3 Å². The van der Waals surface area contributed by atoms with Gasteiger partial charge in [-0.1, -0.05) is 0 Å². The van der Waals surface area contributed by atoms with Gasteiger partial charge in [0.15, 0.2) is 6.61 Å². The lowest BCUT2D eigenvalue weighted by Gasteiger charge is -2.23. The number of anilines is 2. The third-order valence-electron chi connectivity index (χ3n) is 4.90. The van der Waals surface area contributed by atoms with Gasteiger partial charge in [0.1, 0.15) is 5.75 Å². The Labute approximate surface area is 163 Å². The Kier molecular flexibility index (Phi) is 5.38. The molecule has 146 valence electrons. The molecule has 8 heteroatoms. The molecule has 0 atom stereocenters. The van der Waals surface area contributed by atoms with Gasteiger partial charge in [-0.3, -0.25) is 14.7 Å². The van der Waals surface area contributed by atoms with E-state index in [4.69, 9.17) is 4.74 Å². The van der Waals surface area contributed by atoms with E-state index in [2.05, 4.69) is 20.5 Å². The number of nitrogens with one attached hydrogen (secondary N) is 2. The number of pyridine rings is 1. The molecule has 1 fully saturated rings. The monoisotopic (exact) mass is 381 g/mol. The van der Waals surface area contributed by atoms with Crippen LogP contribution < -0.4 is 15.4 Å². The average Bonchev–Trinajstić information content (AvgIpc) is 2.94. The lowest BCUT2D eigenvalue weighted by molar-refractivity contribution is -0.118. The summed E-state index contributed by atoms with van der Waals surface area (Å²) < 4.78 is 5.41. The van der Waals surface area contributed by atoms with E-state index < -0.39 is 0 Å². The molecule has 28 heavy (non-hydrogen) atoms. The highest BCUT2D eigenvalue weighted by molar-refractivity contribution is 5.96. The summed E-state index contributed by atoms with van der Waals surface area (Å²) in [7, 11) is 0. The number of hydrogen-bond donors (Lipinski definition) is 2. The van der Waals surface area contributed by atoms with Crippen molar-refractivity contribution in [3.63, 3.8) is 0 Å². The van der Waals surface area contributed by atoms with E-state index in [0.29, 0.717) is 23.7 Å². The molecule has 0 unspecified atom stereocenters. The highest BCUT2D eigenvalue weighted by atomic mass is 16.5. The predicted octanol–water partition coefficient (Wildman–Crippen LogP) is 2.15. The molecular formula is C20H23N5O3. The van der Waals surface area contributed by atoms with Crippen molar-refractivity contribution in [1.29, 1.82) is 0 Å². The van der Waals surface area contributed by atoms with Crippen LogP contribution in [0.4, 0.5) is 16.2 Å². The van der Waals surface area contributed by atoms with Crippen LogP contribution in [0.2, 0.25) is 0 Å². The summed E-state index contributed by atoms with van der Waals surface area (Å²) in [6, 6.07) is 9.16. The topological polar surface area (TPSA) is 86.8 Å².